The molecule has 0 bridgehead atoms. The van der Waals surface area contributed by atoms with Gasteiger partial charge in [0.05, 0.1) is 4.92 Å². The van der Waals surface area contributed by atoms with Crippen LogP contribution in [0, 0.1) is 17.0 Å². The van der Waals surface area contributed by atoms with Crippen LogP contribution >= 0.6 is 0 Å². The van der Waals surface area contributed by atoms with Gasteiger partial charge in [0.2, 0.25) is 0 Å². The zero-order valence-electron chi connectivity index (χ0n) is 12.3. The lowest BCUT2D eigenvalue weighted by Gasteiger charge is -2.22. The van der Waals surface area contributed by atoms with Gasteiger partial charge in [-0.1, -0.05) is 12.1 Å². The molecule has 6 nitrogen and oxygen atoms in total. The summed E-state index contributed by atoms with van der Waals surface area (Å²) in [5.74, 6) is -0.498. The maximum atomic E-state index is 11.8. The van der Waals surface area contributed by atoms with Gasteiger partial charge in [-0.25, -0.2) is 4.79 Å². The molecule has 0 spiro atoms. The van der Waals surface area contributed by atoms with Crippen LogP contribution in [0.15, 0.2) is 18.2 Å². The number of ether oxygens (including phenoxy) is 2. The minimum atomic E-state index is -0.922. The lowest BCUT2D eigenvalue weighted by atomic mass is 10.2. The fraction of sp³-hybridized carbons (Fsp3) is 0.500. The van der Waals surface area contributed by atoms with Crippen LogP contribution in [-0.2, 0) is 9.53 Å². The van der Waals surface area contributed by atoms with E-state index in [4.69, 9.17) is 9.47 Å². The van der Waals surface area contributed by atoms with Gasteiger partial charge in [0.25, 0.3) is 0 Å². The molecule has 0 fully saturated rings. The lowest BCUT2D eigenvalue weighted by molar-refractivity contribution is -0.386. The number of hydrogen-bond donors (Lipinski definition) is 0. The van der Waals surface area contributed by atoms with Crippen LogP contribution in [0.4, 0.5) is 5.69 Å². The predicted octanol–water partition coefficient (Wildman–Crippen LogP) is 3.01. The van der Waals surface area contributed by atoms with Crippen molar-refractivity contribution in [1.82, 2.24) is 0 Å². The zero-order chi connectivity index (χ0) is 15.5. The zero-order valence-corrected chi connectivity index (χ0v) is 12.3. The molecule has 20 heavy (non-hydrogen) atoms. The van der Waals surface area contributed by atoms with Crippen LogP contribution in [0.5, 0.6) is 5.75 Å². The molecule has 0 saturated heterocycles. The molecule has 6 heteroatoms. The molecule has 1 atom stereocenters. The van der Waals surface area contributed by atoms with Gasteiger partial charge in [0.1, 0.15) is 5.60 Å². The average Bonchev–Trinajstić information content (AvgIpc) is 2.25. The number of esters is 1. The Balaban J connectivity index is 2.91. The second-order valence-electron chi connectivity index (χ2n) is 5.47. The first-order valence-corrected chi connectivity index (χ1v) is 6.25. The Morgan fingerprint density at radius 2 is 1.95 bits per heavy atom. The highest BCUT2D eigenvalue weighted by atomic mass is 16.6. The second kappa shape index (κ2) is 5.90. The van der Waals surface area contributed by atoms with Crippen molar-refractivity contribution in [3.63, 3.8) is 0 Å². The van der Waals surface area contributed by atoms with Crippen LogP contribution in [-0.4, -0.2) is 22.6 Å². The van der Waals surface area contributed by atoms with Gasteiger partial charge in [-0.2, -0.15) is 0 Å². The molecule has 1 aromatic carbocycles. The van der Waals surface area contributed by atoms with Gasteiger partial charge in [-0.3, -0.25) is 10.1 Å². The number of carbonyl (C=O) groups is 1. The van der Waals surface area contributed by atoms with Gasteiger partial charge in [0.15, 0.2) is 11.9 Å². The quantitative estimate of drug-likeness (QED) is 0.481. The fourth-order valence-corrected chi connectivity index (χ4v) is 1.58. The molecule has 1 aromatic rings. The molecule has 0 saturated carbocycles. The first-order valence-electron chi connectivity index (χ1n) is 6.25. The van der Waals surface area contributed by atoms with Gasteiger partial charge in [-0.05, 0) is 40.7 Å². The largest absolute Gasteiger partial charge is 0.472 e. The molecular weight excluding hydrogens is 262 g/mol. The van der Waals surface area contributed by atoms with Crippen LogP contribution in [0.25, 0.3) is 0 Å². The smallest absolute Gasteiger partial charge is 0.347 e. The number of para-hydroxylation sites is 1. The second-order valence-corrected chi connectivity index (χ2v) is 5.47. The summed E-state index contributed by atoms with van der Waals surface area (Å²) in [6, 6.07) is 4.72. The Morgan fingerprint density at radius 1 is 1.35 bits per heavy atom. The first kappa shape index (κ1) is 15.9. The van der Waals surface area contributed by atoms with Crippen molar-refractivity contribution in [3.8, 4) is 5.75 Å². The summed E-state index contributed by atoms with van der Waals surface area (Å²) in [5, 5.41) is 11.0. The number of hydrogen-bond acceptors (Lipinski definition) is 5. The molecule has 0 aliphatic rings. The molecular formula is C14H19NO5. The van der Waals surface area contributed by atoms with Crippen molar-refractivity contribution in [2.24, 2.45) is 0 Å². The molecule has 0 aliphatic carbocycles. The number of rotatable bonds is 4. The van der Waals surface area contributed by atoms with E-state index in [9.17, 15) is 14.9 Å². The summed E-state index contributed by atoms with van der Waals surface area (Å²) in [4.78, 5) is 22.3. The van der Waals surface area contributed by atoms with Crippen molar-refractivity contribution in [1.29, 1.82) is 0 Å². The monoisotopic (exact) mass is 281 g/mol. The van der Waals surface area contributed by atoms with Crippen LogP contribution in [0.3, 0.4) is 0 Å². The summed E-state index contributed by atoms with van der Waals surface area (Å²) >= 11 is 0. The van der Waals surface area contributed by atoms with Gasteiger partial charge < -0.3 is 9.47 Å². The summed E-state index contributed by atoms with van der Waals surface area (Å²) < 4.78 is 10.5. The Bertz CT molecular complexity index is 519. The Morgan fingerprint density at radius 3 is 2.45 bits per heavy atom. The van der Waals surface area contributed by atoms with E-state index in [1.165, 1.54) is 13.0 Å². The maximum Gasteiger partial charge on any atom is 0.347 e. The average molecular weight is 281 g/mol. The molecule has 0 amide bonds. The number of benzene rings is 1. The molecule has 0 N–H and O–H groups in total. The standard InChI is InChI=1S/C14H19NO5/c1-9-7-6-8-11(12(9)15(17)18)19-10(2)13(16)20-14(3,4)5/h6-8,10H,1-5H3. The molecule has 0 heterocycles. The third kappa shape index (κ3) is 4.22. The van der Waals surface area contributed by atoms with Crippen LogP contribution < -0.4 is 4.74 Å². The SMILES string of the molecule is Cc1cccc(OC(C)C(=O)OC(C)(C)C)c1[N+](=O)[O-]. The summed E-state index contributed by atoms with van der Waals surface area (Å²) in [6.07, 6.45) is -0.922. The summed E-state index contributed by atoms with van der Waals surface area (Å²) in [7, 11) is 0. The highest BCUT2D eigenvalue weighted by Gasteiger charge is 2.26. The topological polar surface area (TPSA) is 78.7 Å². The Labute approximate surface area is 117 Å². The molecule has 110 valence electrons. The predicted molar refractivity (Wildman–Crippen MR) is 73.8 cm³/mol. The van der Waals surface area contributed by atoms with Crippen molar-refractivity contribution in [2.75, 3.05) is 0 Å². The van der Waals surface area contributed by atoms with E-state index in [2.05, 4.69) is 0 Å². The van der Waals surface area contributed by atoms with Crippen molar-refractivity contribution in [2.45, 2.75) is 46.3 Å². The van der Waals surface area contributed by atoms with E-state index in [1.807, 2.05) is 0 Å². The molecule has 0 aliphatic heterocycles. The van der Waals surface area contributed by atoms with Crippen molar-refractivity contribution >= 4 is 11.7 Å². The van der Waals surface area contributed by atoms with Gasteiger partial charge in [0, 0.05) is 5.56 Å². The van der Waals surface area contributed by atoms with Gasteiger partial charge >= 0.3 is 11.7 Å². The van der Waals surface area contributed by atoms with E-state index >= 15 is 0 Å². The van der Waals surface area contributed by atoms with Crippen LogP contribution in [0.2, 0.25) is 0 Å². The minimum absolute atomic E-state index is 0.0633. The Kier molecular flexibility index (Phi) is 4.70. The summed E-state index contributed by atoms with van der Waals surface area (Å²) in [5.41, 5.74) is -0.292. The molecule has 1 unspecified atom stereocenters. The number of nitrogens with zero attached hydrogens (tertiary/aromatic N) is 1. The third-order valence-electron chi connectivity index (χ3n) is 2.43. The van der Waals surface area contributed by atoms with E-state index in [0.717, 1.165) is 0 Å². The van der Waals surface area contributed by atoms with E-state index in [1.54, 1.807) is 39.8 Å². The number of carbonyl (C=O) groups excluding carboxylic acids is 1. The fourth-order valence-electron chi connectivity index (χ4n) is 1.58. The first-order chi connectivity index (χ1) is 9.11. The van der Waals surface area contributed by atoms with E-state index < -0.39 is 22.6 Å². The van der Waals surface area contributed by atoms with E-state index in [0.29, 0.717) is 5.56 Å². The number of nitro benzene ring substituents is 1. The normalized spacial score (nSPS) is 12.7. The van der Waals surface area contributed by atoms with Gasteiger partial charge in [-0.15, -0.1) is 0 Å². The number of aryl methyl sites for hydroxylation is 1. The number of nitro groups is 1. The molecule has 1 rings (SSSR count). The highest BCUT2D eigenvalue weighted by molar-refractivity contribution is 5.75. The molecule has 0 radical (unpaired) electrons. The van der Waals surface area contributed by atoms with Crippen molar-refractivity contribution < 1.29 is 19.2 Å². The third-order valence-corrected chi connectivity index (χ3v) is 2.43. The lowest BCUT2D eigenvalue weighted by Crippen LogP contribution is -2.33. The van der Waals surface area contributed by atoms with Crippen LogP contribution in [0.1, 0.15) is 33.3 Å². The Hall–Kier alpha value is -2.11. The maximum absolute atomic E-state index is 11.8. The highest BCUT2D eigenvalue weighted by Crippen LogP contribution is 2.31. The minimum Gasteiger partial charge on any atom is -0.472 e. The van der Waals surface area contributed by atoms with Crippen molar-refractivity contribution in [3.05, 3.63) is 33.9 Å². The summed E-state index contributed by atoms with van der Waals surface area (Å²) in [6.45, 7) is 8.34. The molecule has 0 aromatic heterocycles. The van der Waals surface area contributed by atoms with E-state index in [-0.39, 0.29) is 11.4 Å².